The van der Waals surface area contributed by atoms with Crippen molar-refractivity contribution in [2.45, 2.75) is 65.0 Å². The summed E-state index contributed by atoms with van der Waals surface area (Å²) in [6.07, 6.45) is 5.94. The van der Waals surface area contributed by atoms with E-state index in [0.29, 0.717) is 12.0 Å². The van der Waals surface area contributed by atoms with Crippen LogP contribution in [0, 0.1) is 11.7 Å². The Bertz CT molecular complexity index is 451. The maximum Gasteiger partial charge on any atom is 0.146 e. The highest BCUT2D eigenvalue weighted by Gasteiger charge is 2.27. The maximum atomic E-state index is 14.5. The second-order valence-corrected chi connectivity index (χ2v) is 6.78. The number of anilines is 1. The summed E-state index contributed by atoms with van der Waals surface area (Å²) in [4.78, 5) is 2.31. The first kappa shape index (κ1) is 16.3. The van der Waals surface area contributed by atoms with Gasteiger partial charge in [0.05, 0.1) is 5.69 Å². The molecule has 1 atom stereocenters. The van der Waals surface area contributed by atoms with Gasteiger partial charge in [-0.1, -0.05) is 38.8 Å². The van der Waals surface area contributed by atoms with Gasteiger partial charge in [0.2, 0.25) is 0 Å². The molecule has 1 saturated carbocycles. The third-order valence-corrected chi connectivity index (χ3v) is 4.51. The topological polar surface area (TPSA) is 29.3 Å². The lowest BCUT2D eigenvalue weighted by Crippen LogP contribution is -2.36. The normalized spacial score (nSPS) is 17.4. The molecule has 0 spiro atoms. The lowest BCUT2D eigenvalue weighted by Gasteiger charge is -2.34. The zero-order chi connectivity index (χ0) is 15.4. The van der Waals surface area contributed by atoms with Crippen LogP contribution in [0.2, 0.25) is 0 Å². The summed E-state index contributed by atoms with van der Waals surface area (Å²) < 4.78 is 14.5. The number of nitrogens with zero attached hydrogens (tertiary/aromatic N) is 1. The molecule has 0 aliphatic heterocycles. The lowest BCUT2D eigenvalue weighted by atomic mass is 10.0. The fourth-order valence-electron chi connectivity index (χ4n) is 3.29. The van der Waals surface area contributed by atoms with Crippen LogP contribution in [-0.2, 0) is 0 Å². The minimum absolute atomic E-state index is 0.125. The van der Waals surface area contributed by atoms with E-state index in [9.17, 15) is 4.39 Å². The summed E-state index contributed by atoms with van der Waals surface area (Å²) in [5.41, 5.74) is 7.77. The van der Waals surface area contributed by atoms with Gasteiger partial charge in [-0.3, -0.25) is 0 Å². The van der Waals surface area contributed by atoms with Crippen LogP contribution >= 0.6 is 0 Å². The molecule has 1 aliphatic rings. The van der Waals surface area contributed by atoms with Crippen LogP contribution in [-0.4, -0.2) is 12.6 Å². The van der Waals surface area contributed by atoms with Crippen molar-refractivity contribution < 1.29 is 4.39 Å². The highest BCUT2D eigenvalue weighted by Crippen LogP contribution is 2.35. The molecule has 3 heteroatoms. The summed E-state index contributed by atoms with van der Waals surface area (Å²) in [6, 6.07) is 5.64. The minimum atomic E-state index is -0.140. The molecule has 0 unspecified atom stereocenters. The molecule has 0 heterocycles. The fourth-order valence-corrected chi connectivity index (χ4v) is 3.29. The van der Waals surface area contributed by atoms with Crippen molar-refractivity contribution in [3.63, 3.8) is 0 Å². The first-order valence-corrected chi connectivity index (χ1v) is 8.31. The van der Waals surface area contributed by atoms with E-state index in [0.717, 1.165) is 24.2 Å². The van der Waals surface area contributed by atoms with E-state index in [1.807, 2.05) is 13.0 Å². The molecule has 0 radical (unpaired) electrons. The number of para-hydroxylation sites is 1. The van der Waals surface area contributed by atoms with Gasteiger partial charge in [0.15, 0.2) is 0 Å². The smallest absolute Gasteiger partial charge is 0.146 e. The first-order valence-electron chi connectivity index (χ1n) is 8.31. The number of nitrogens with two attached hydrogens (primary N) is 1. The highest BCUT2D eigenvalue weighted by atomic mass is 19.1. The molecule has 1 aromatic rings. The van der Waals surface area contributed by atoms with Crippen molar-refractivity contribution in [3.8, 4) is 0 Å². The maximum absolute atomic E-state index is 14.5. The van der Waals surface area contributed by atoms with Crippen LogP contribution in [0.25, 0.3) is 0 Å². The summed E-state index contributed by atoms with van der Waals surface area (Å²) in [5.74, 6) is 0.500. The van der Waals surface area contributed by atoms with Gasteiger partial charge in [0, 0.05) is 18.6 Å². The Morgan fingerprint density at radius 2 is 1.90 bits per heavy atom. The Hall–Kier alpha value is -1.09. The highest BCUT2D eigenvalue weighted by molar-refractivity contribution is 5.57. The second-order valence-electron chi connectivity index (χ2n) is 6.78. The number of hydrogen-bond acceptors (Lipinski definition) is 2. The van der Waals surface area contributed by atoms with Crippen LogP contribution < -0.4 is 10.6 Å². The molecule has 0 amide bonds. The Morgan fingerprint density at radius 1 is 1.24 bits per heavy atom. The van der Waals surface area contributed by atoms with E-state index < -0.39 is 0 Å². The average Bonchev–Trinajstić information content (AvgIpc) is 2.93. The van der Waals surface area contributed by atoms with Crippen LogP contribution in [0.15, 0.2) is 18.2 Å². The van der Waals surface area contributed by atoms with E-state index >= 15 is 0 Å². The monoisotopic (exact) mass is 292 g/mol. The van der Waals surface area contributed by atoms with Gasteiger partial charge in [0.1, 0.15) is 5.82 Å². The number of benzene rings is 1. The molecular formula is C18H29FN2. The predicted octanol–water partition coefficient (Wildman–Crippen LogP) is 4.64. The Kier molecular flexibility index (Phi) is 5.63. The molecule has 2 N–H and O–H groups in total. The van der Waals surface area contributed by atoms with Crippen molar-refractivity contribution >= 4 is 5.69 Å². The molecular weight excluding hydrogens is 263 g/mol. The zero-order valence-corrected chi connectivity index (χ0v) is 13.6. The first-order chi connectivity index (χ1) is 10.0. The minimum Gasteiger partial charge on any atom is -0.366 e. The van der Waals surface area contributed by atoms with E-state index in [2.05, 4.69) is 18.7 Å². The predicted molar refractivity (Wildman–Crippen MR) is 88.1 cm³/mol. The van der Waals surface area contributed by atoms with Crippen molar-refractivity contribution in [1.82, 2.24) is 0 Å². The molecule has 1 aromatic carbocycles. The van der Waals surface area contributed by atoms with Gasteiger partial charge in [-0.25, -0.2) is 4.39 Å². The lowest BCUT2D eigenvalue weighted by molar-refractivity contribution is 0.514. The molecule has 0 aromatic heterocycles. The van der Waals surface area contributed by atoms with Gasteiger partial charge in [0.25, 0.3) is 0 Å². The van der Waals surface area contributed by atoms with Gasteiger partial charge in [-0.05, 0) is 43.7 Å². The standard InChI is InChI=1S/C18H29FN2/c1-13(2)11-12-21(15-7-4-5-8-15)18-16(14(3)20)9-6-10-17(18)19/h6,9-10,13-15H,4-5,7-8,11-12,20H2,1-3H3/t14-/m1/s1. The van der Waals surface area contributed by atoms with Crippen LogP contribution in [0.3, 0.4) is 0 Å². The van der Waals surface area contributed by atoms with Crippen molar-refractivity contribution in [2.75, 3.05) is 11.4 Å². The fraction of sp³-hybridized carbons (Fsp3) is 0.667. The Labute approximate surface area is 128 Å². The van der Waals surface area contributed by atoms with Crippen LogP contribution in [0.5, 0.6) is 0 Å². The number of hydrogen-bond donors (Lipinski definition) is 1. The second kappa shape index (κ2) is 7.26. The van der Waals surface area contributed by atoms with Gasteiger partial charge >= 0.3 is 0 Å². The summed E-state index contributed by atoms with van der Waals surface area (Å²) in [5, 5.41) is 0. The Morgan fingerprint density at radius 3 is 2.48 bits per heavy atom. The molecule has 0 saturated heterocycles. The third-order valence-electron chi connectivity index (χ3n) is 4.51. The molecule has 21 heavy (non-hydrogen) atoms. The molecule has 1 fully saturated rings. The average molecular weight is 292 g/mol. The summed E-state index contributed by atoms with van der Waals surface area (Å²) >= 11 is 0. The van der Waals surface area contributed by atoms with Gasteiger partial charge in [-0.2, -0.15) is 0 Å². The molecule has 2 rings (SSSR count). The SMILES string of the molecule is CC(C)CCN(c1c(F)cccc1[C@@H](C)N)C1CCCC1. The van der Waals surface area contributed by atoms with Gasteiger partial charge < -0.3 is 10.6 Å². The van der Waals surface area contributed by atoms with E-state index in [4.69, 9.17) is 5.73 Å². The zero-order valence-electron chi connectivity index (χ0n) is 13.6. The quantitative estimate of drug-likeness (QED) is 0.827. The number of rotatable bonds is 6. The van der Waals surface area contributed by atoms with E-state index in [1.54, 1.807) is 12.1 Å². The largest absolute Gasteiger partial charge is 0.366 e. The van der Waals surface area contributed by atoms with Crippen LogP contribution in [0.1, 0.15) is 64.5 Å². The summed E-state index contributed by atoms with van der Waals surface area (Å²) in [6.45, 7) is 7.30. The molecule has 118 valence electrons. The van der Waals surface area contributed by atoms with Crippen molar-refractivity contribution in [3.05, 3.63) is 29.6 Å². The van der Waals surface area contributed by atoms with Crippen LogP contribution in [0.4, 0.5) is 10.1 Å². The van der Waals surface area contributed by atoms with Crippen molar-refractivity contribution in [1.29, 1.82) is 0 Å². The molecule has 2 nitrogen and oxygen atoms in total. The molecule has 0 bridgehead atoms. The van der Waals surface area contributed by atoms with E-state index in [-0.39, 0.29) is 11.9 Å². The number of halogens is 1. The summed E-state index contributed by atoms with van der Waals surface area (Å²) in [7, 11) is 0. The molecule has 1 aliphatic carbocycles. The van der Waals surface area contributed by atoms with Gasteiger partial charge in [-0.15, -0.1) is 0 Å². The van der Waals surface area contributed by atoms with E-state index in [1.165, 1.54) is 25.7 Å². The third kappa shape index (κ3) is 3.97. The Balaban J connectivity index is 2.35. The van der Waals surface area contributed by atoms with Crippen molar-refractivity contribution in [2.24, 2.45) is 11.7 Å².